The molecule has 1 N–H and O–H groups in total. The fraction of sp³-hybridized carbons (Fsp3) is 0.160. The smallest absolute Gasteiger partial charge is 0.295 e. The Labute approximate surface area is 195 Å². The minimum Gasteiger partial charge on any atom is -0.487 e. The summed E-state index contributed by atoms with van der Waals surface area (Å²) in [6.07, 6.45) is 3.10. The number of anilines is 1. The fourth-order valence-electron chi connectivity index (χ4n) is 3.36. The van der Waals surface area contributed by atoms with Crippen LogP contribution in [0.1, 0.15) is 22.0 Å². The van der Waals surface area contributed by atoms with E-state index >= 15 is 0 Å². The van der Waals surface area contributed by atoms with Gasteiger partial charge in [-0.05, 0) is 49.8 Å². The number of thiazole rings is 1. The van der Waals surface area contributed by atoms with Crippen molar-refractivity contribution in [2.75, 3.05) is 5.32 Å². The maximum absolute atomic E-state index is 12.9. The summed E-state index contributed by atoms with van der Waals surface area (Å²) in [7, 11) is 1.79. The zero-order chi connectivity index (χ0) is 23.4. The lowest BCUT2D eigenvalue weighted by Crippen LogP contribution is -2.22. The largest absolute Gasteiger partial charge is 0.487 e. The monoisotopic (exact) mass is 460 g/mol. The number of hydrogen-bond donors (Lipinski definition) is 1. The van der Waals surface area contributed by atoms with Crippen molar-refractivity contribution < 1.29 is 9.53 Å². The van der Waals surface area contributed by atoms with Gasteiger partial charge < -0.3 is 10.1 Å². The predicted molar refractivity (Wildman–Crippen MR) is 131 cm³/mol. The molecule has 0 spiro atoms. The Kier molecular flexibility index (Phi) is 6.55. The first-order valence-corrected chi connectivity index (χ1v) is 11.3. The normalized spacial score (nSPS) is 11.1. The fourth-order valence-corrected chi connectivity index (χ4v) is 3.95. The SMILES string of the molecule is Cc1nc(COc2ccc(/C=C/C(=O)Nc3c(C)n(C)n(-c4ccccc4)c3=O)cc2)cs1. The second-order valence-corrected chi connectivity index (χ2v) is 8.54. The van der Waals surface area contributed by atoms with Crippen molar-refractivity contribution >= 4 is 29.0 Å². The molecule has 0 aliphatic rings. The molecule has 33 heavy (non-hydrogen) atoms. The molecular weight excluding hydrogens is 436 g/mol. The van der Waals surface area contributed by atoms with Crippen LogP contribution in [-0.2, 0) is 18.4 Å². The van der Waals surface area contributed by atoms with Gasteiger partial charge in [0.2, 0.25) is 5.91 Å². The number of rotatable bonds is 7. The molecule has 0 unspecified atom stereocenters. The van der Waals surface area contributed by atoms with Gasteiger partial charge in [0.05, 0.1) is 22.1 Å². The molecule has 0 radical (unpaired) electrons. The van der Waals surface area contributed by atoms with E-state index in [4.69, 9.17) is 4.74 Å². The molecule has 7 nitrogen and oxygen atoms in total. The number of nitrogens with zero attached hydrogens (tertiary/aromatic N) is 3. The van der Waals surface area contributed by atoms with Gasteiger partial charge in [0.1, 0.15) is 18.0 Å². The highest BCUT2D eigenvalue weighted by molar-refractivity contribution is 7.09. The average molecular weight is 461 g/mol. The Bertz CT molecular complexity index is 1350. The van der Waals surface area contributed by atoms with Crippen LogP contribution in [0.15, 0.2) is 70.8 Å². The third-order valence-electron chi connectivity index (χ3n) is 5.16. The molecule has 0 bridgehead atoms. The summed E-state index contributed by atoms with van der Waals surface area (Å²) < 4.78 is 9.00. The van der Waals surface area contributed by atoms with Crippen molar-refractivity contribution in [1.29, 1.82) is 0 Å². The van der Waals surface area contributed by atoms with E-state index < -0.39 is 0 Å². The summed E-state index contributed by atoms with van der Waals surface area (Å²) in [5.74, 6) is 0.351. The standard InChI is InChI=1S/C25H24N4O3S/c1-17-24(25(31)29(28(17)3)21-7-5-4-6-8-21)27-23(30)14-11-19-9-12-22(13-10-19)32-15-20-16-33-18(2)26-20/h4-14,16H,15H2,1-3H3,(H,27,30)/b14-11+. The van der Waals surface area contributed by atoms with E-state index in [1.165, 1.54) is 10.8 Å². The summed E-state index contributed by atoms with van der Waals surface area (Å²) in [5.41, 5.74) is 3.13. The molecule has 0 aliphatic heterocycles. The van der Waals surface area contributed by atoms with Gasteiger partial charge in [0, 0.05) is 18.5 Å². The summed E-state index contributed by atoms with van der Waals surface area (Å²) in [6, 6.07) is 16.7. The second-order valence-electron chi connectivity index (χ2n) is 7.47. The van der Waals surface area contributed by atoms with E-state index in [2.05, 4.69) is 10.3 Å². The molecule has 2 aromatic carbocycles. The van der Waals surface area contributed by atoms with Gasteiger partial charge in [-0.15, -0.1) is 11.3 Å². The van der Waals surface area contributed by atoms with E-state index in [1.54, 1.807) is 36.1 Å². The van der Waals surface area contributed by atoms with Gasteiger partial charge in [-0.3, -0.25) is 14.3 Å². The minimum absolute atomic E-state index is 0.261. The van der Waals surface area contributed by atoms with Crippen molar-refractivity contribution in [3.05, 3.63) is 98.4 Å². The maximum Gasteiger partial charge on any atom is 0.295 e. The number of amides is 1. The van der Waals surface area contributed by atoms with E-state index in [0.717, 1.165) is 27.7 Å². The van der Waals surface area contributed by atoms with E-state index in [9.17, 15) is 9.59 Å². The highest BCUT2D eigenvalue weighted by Crippen LogP contribution is 2.17. The van der Waals surface area contributed by atoms with Gasteiger partial charge in [-0.2, -0.15) is 0 Å². The van der Waals surface area contributed by atoms with Crippen LogP contribution in [0.3, 0.4) is 0 Å². The van der Waals surface area contributed by atoms with Crippen LogP contribution in [0.25, 0.3) is 11.8 Å². The number of aromatic nitrogens is 3. The lowest BCUT2D eigenvalue weighted by atomic mass is 10.2. The molecule has 2 aromatic heterocycles. The van der Waals surface area contributed by atoms with Crippen molar-refractivity contribution in [3.8, 4) is 11.4 Å². The Morgan fingerprint density at radius 3 is 2.52 bits per heavy atom. The topological polar surface area (TPSA) is 78.2 Å². The zero-order valence-electron chi connectivity index (χ0n) is 18.6. The number of carbonyl (C=O) groups is 1. The summed E-state index contributed by atoms with van der Waals surface area (Å²) in [4.78, 5) is 29.8. The lowest BCUT2D eigenvalue weighted by molar-refractivity contribution is -0.111. The molecule has 0 saturated heterocycles. The molecule has 4 rings (SSSR count). The van der Waals surface area contributed by atoms with Gasteiger partial charge in [0.15, 0.2) is 0 Å². The first kappa shape index (κ1) is 22.3. The number of nitrogens with one attached hydrogen (secondary N) is 1. The molecule has 168 valence electrons. The average Bonchev–Trinajstić information content (AvgIpc) is 3.33. The predicted octanol–water partition coefficient (Wildman–Crippen LogP) is 4.48. The molecule has 2 heterocycles. The minimum atomic E-state index is -0.375. The number of aryl methyl sites for hydroxylation is 1. The summed E-state index contributed by atoms with van der Waals surface area (Å²) >= 11 is 1.59. The van der Waals surface area contributed by atoms with Crippen molar-refractivity contribution in [2.24, 2.45) is 7.05 Å². The van der Waals surface area contributed by atoms with E-state index in [1.807, 2.05) is 66.9 Å². The quantitative estimate of drug-likeness (QED) is 0.413. The molecule has 4 aromatic rings. The second kappa shape index (κ2) is 9.70. The van der Waals surface area contributed by atoms with Gasteiger partial charge in [0.25, 0.3) is 5.56 Å². The molecule has 1 amide bonds. The van der Waals surface area contributed by atoms with Crippen molar-refractivity contribution in [3.63, 3.8) is 0 Å². The molecule has 0 atom stereocenters. The van der Waals surface area contributed by atoms with E-state index in [-0.39, 0.29) is 17.2 Å². The molecular formula is C25H24N4O3S. The van der Waals surface area contributed by atoms with Gasteiger partial charge >= 0.3 is 0 Å². The summed E-state index contributed by atoms with van der Waals surface area (Å²) in [6.45, 7) is 4.17. The third kappa shape index (κ3) is 5.12. The van der Waals surface area contributed by atoms with Gasteiger partial charge in [-0.25, -0.2) is 9.67 Å². The highest BCUT2D eigenvalue weighted by Gasteiger charge is 2.17. The van der Waals surface area contributed by atoms with Crippen LogP contribution in [0.2, 0.25) is 0 Å². The van der Waals surface area contributed by atoms with Crippen LogP contribution in [0.4, 0.5) is 5.69 Å². The van der Waals surface area contributed by atoms with Crippen molar-refractivity contribution in [2.45, 2.75) is 20.5 Å². The molecule has 0 saturated carbocycles. The van der Waals surface area contributed by atoms with Crippen LogP contribution in [-0.4, -0.2) is 20.3 Å². The van der Waals surface area contributed by atoms with Crippen LogP contribution in [0.5, 0.6) is 5.75 Å². The zero-order valence-corrected chi connectivity index (χ0v) is 19.4. The number of para-hydroxylation sites is 1. The Morgan fingerprint density at radius 1 is 1.12 bits per heavy atom. The van der Waals surface area contributed by atoms with Crippen LogP contribution < -0.4 is 15.6 Å². The maximum atomic E-state index is 12.9. The van der Waals surface area contributed by atoms with Gasteiger partial charge in [-0.1, -0.05) is 30.3 Å². The molecule has 8 heteroatoms. The number of ether oxygens (including phenoxy) is 1. The Balaban J connectivity index is 1.41. The van der Waals surface area contributed by atoms with Crippen LogP contribution >= 0.6 is 11.3 Å². The molecule has 0 aliphatic carbocycles. The van der Waals surface area contributed by atoms with E-state index in [0.29, 0.717) is 12.3 Å². The van der Waals surface area contributed by atoms with Crippen LogP contribution in [0, 0.1) is 13.8 Å². The summed E-state index contributed by atoms with van der Waals surface area (Å²) in [5, 5.41) is 5.71. The number of carbonyl (C=O) groups excluding carboxylic acids is 1. The first-order chi connectivity index (χ1) is 15.9. The number of hydrogen-bond acceptors (Lipinski definition) is 5. The Morgan fingerprint density at radius 2 is 1.85 bits per heavy atom. The third-order valence-corrected chi connectivity index (χ3v) is 5.99. The molecule has 0 fully saturated rings. The number of benzene rings is 2. The lowest BCUT2D eigenvalue weighted by Gasteiger charge is -2.07. The van der Waals surface area contributed by atoms with Crippen molar-refractivity contribution in [1.82, 2.24) is 14.3 Å². The Hall–Kier alpha value is -3.91. The highest BCUT2D eigenvalue weighted by atomic mass is 32.1. The first-order valence-electron chi connectivity index (χ1n) is 10.4.